The third-order valence-corrected chi connectivity index (χ3v) is 2.14. The monoisotopic (exact) mass is 160 g/mol. The van der Waals surface area contributed by atoms with Crippen LogP contribution in [-0.2, 0) is 13.5 Å². The minimum atomic E-state index is 1.00. The molecule has 12 heavy (non-hydrogen) atoms. The molecule has 0 unspecified atom stereocenters. The average molecular weight is 160 g/mol. The van der Waals surface area contributed by atoms with E-state index in [0.29, 0.717) is 0 Å². The van der Waals surface area contributed by atoms with Crippen LogP contribution in [0.25, 0.3) is 11.0 Å². The number of pyridine rings is 1. The van der Waals surface area contributed by atoms with Crippen molar-refractivity contribution >= 4 is 11.0 Å². The highest BCUT2D eigenvalue weighted by molar-refractivity contribution is 5.76. The Morgan fingerprint density at radius 1 is 1.33 bits per heavy atom. The summed E-state index contributed by atoms with van der Waals surface area (Å²) in [5, 5.41) is 1.22. The molecule has 2 aromatic rings. The largest absolute Gasteiger partial charge is 0.336 e. The van der Waals surface area contributed by atoms with E-state index in [-0.39, 0.29) is 0 Å². The Morgan fingerprint density at radius 2 is 2.17 bits per heavy atom. The molecule has 0 atom stereocenters. The molecule has 0 aromatic carbocycles. The number of nitrogens with zero attached hydrogens (tertiary/aromatic N) is 2. The number of rotatable bonds is 1. The van der Waals surface area contributed by atoms with Crippen LogP contribution < -0.4 is 0 Å². The lowest BCUT2D eigenvalue weighted by Crippen LogP contribution is -1.91. The lowest BCUT2D eigenvalue weighted by molar-refractivity contribution is 0.932. The first kappa shape index (κ1) is 7.35. The van der Waals surface area contributed by atoms with E-state index < -0.39 is 0 Å². The minimum Gasteiger partial charge on any atom is -0.336 e. The van der Waals surface area contributed by atoms with Crippen LogP contribution in [0.15, 0.2) is 24.4 Å². The molecule has 0 bridgehead atoms. The SMILES string of the molecule is CCc1ccc2ccn(C)c2n1. The maximum Gasteiger partial charge on any atom is 0.139 e. The Balaban J connectivity index is 2.71. The van der Waals surface area contributed by atoms with Gasteiger partial charge in [0, 0.05) is 24.3 Å². The molecule has 0 saturated heterocycles. The summed E-state index contributed by atoms with van der Waals surface area (Å²) in [4.78, 5) is 4.52. The first-order valence-electron chi connectivity index (χ1n) is 4.22. The summed E-state index contributed by atoms with van der Waals surface area (Å²) in [5.41, 5.74) is 2.23. The molecule has 0 radical (unpaired) electrons. The number of aromatic nitrogens is 2. The molecule has 2 rings (SSSR count). The van der Waals surface area contributed by atoms with Gasteiger partial charge in [0.25, 0.3) is 0 Å². The summed E-state index contributed by atoms with van der Waals surface area (Å²) in [7, 11) is 2.02. The Labute approximate surface area is 71.8 Å². The van der Waals surface area contributed by atoms with Gasteiger partial charge in [-0.2, -0.15) is 0 Å². The molecule has 0 aliphatic carbocycles. The van der Waals surface area contributed by atoms with E-state index in [2.05, 4.69) is 34.7 Å². The number of hydrogen-bond donors (Lipinski definition) is 0. The molecule has 0 fully saturated rings. The average Bonchev–Trinajstić information content (AvgIpc) is 2.47. The van der Waals surface area contributed by atoms with Gasteiger partial charge in [-0.05, 0) is 24.6 Å². The van der Waals surface area contributed by atoms with Crippen LogP contribution in [0.3, 0.4) is 0 Å². The second-order valence-corrected chi connectivity index (χ2v) is 3.00. The molecule has 2 heteroatoms. The molecule has 0 aliphatic heterocycles. The normalized spacial score (nSPS) is 10.8. The summed E-state index contributed by atoms with van der Waals surface area (Å²) in [6.45, 7) is 2.12. The first-order valence-corrected chi connectivity index (χ1v) is 4.22. The van der Waals surface area contributed by atoms with E-state index in [1.165, 1.54) is 5.39 Å². The molecule has 0 N–H and O–H groups in total. The van der Waals surface area contributed by atoms with Gasteiger partial charge in [0.15, 0.2) is 0 Å². The molecule has 0 amide bonds. The quantitative estimate of drug-likeness (QED) is 0.625. The lowest BCUT2D eigenvalue weighted by atomic mass is 10.2. The van der Waals surface area contributed by atoms with Gasteiger partial charge in [0.05, 0.1) is 0 Å². The molecule has 0 saturated carbocycles. The second kappa shape index (κ2) is 2.63. The summed E-state index contributed by atoms with van der Waals surface area (Å²) >= 11 is 0. The van der Waals surface area contributed by atoms with Crippen LogP contribution in [0.5, 0.6) is 0 Å². The zero-order valence-corrected chi connectivity index (χ0v) is 7.41. The molecule has 0 spiro atoms. The van der Waals surface area contributed by atoms with E-state index in [9.17, 15) is 0 Å². The van der Waals surface area contributed by atoms with Gasteiger partial charge >= 0.3 is 0 Å². The Hall–Kier alpha value is -1.31. The molecule has 2 nitrogen and oxygen atoms in total. The molecule has 0 aliphatic rings. The predicted octanol–water partition coefficient (Wildman–Crippen LogP) is 2.14. The Kier molecular flexibility index (Phi) is 1.61. The molecule has 62 valence electrons. The highest BCUT2D eigenvalue weighted by Crippen LogP contribution is 2.12. The minimum absolute atomic E-state index is 1.00. The standard InChI is InChI=1S/C10H12N2/c1-3-9-5-4-8-6-7-12(2)10(8)11-9/h4-7H,3H2,1-2H3. The van der Waals surface area contributed by atoms with Gasteiger partial charge in [-0.3, -0.25) is 0 Å². The van der Waals surface area contributed by atoms with E-state index in [4.69, 9.17) is 0 Å². The summed E-state index contributed by atoms with van der Waals surface area (Å²) < 4.78 is 2.05. The van der Waals surface area contributed by atoms with Crippen LogP contribution in [0.2, 0.25) is 0 Å². The van der Waals surface area contributed by atoms with Crippen molar-refractivity contribution in [3.8, 4) is 0 Å². The predicted molar refractivity (Wildman–Crippen MR) is 50.1 cm³/mol. The van der Waals surface area contributed by atoms with E-state index in [1.807, 2.05) is 13.2 Å². The smallest absolute Gasteiger partial charge is 0.139 e. The summed E-state index contributed by atoms with van der Waals surface area (Å²) in [6, 6.07) is 6.30. The summed E-state index contributed by atoms with van der Waals surface area (Å²) in [6.07, 6.45) is 3.04. The van der Waals surface area contributed by atoms with Gasteiger partial charge in [0.2, 0.25) is 0 Å². The number of fused-ring (bicyclic) bond motifs is 1. The van der Waals surface area contributed by atoms with Crippen molar-refractivity contribution < 1.29 is 0 Å². The third-order valence-electron chi connectivity index (χ3n) is 2.14. The van der Waals surface area contributed by atoms with Gasteiger partial charge < -0.3 is 4.57 Å². The number of hydrogen-bond acceptors (Lipinski definition) is 1. The van der Waals surface area contributed by atoms with E-state index in [1.54, 1.807) is 0 Å². The topological polar surface area (TPSA) is 17.8 Å². The van der Waals surface area contributed by atoms with Gasteiger partial charge in [0.1, 0.15) is 5.65 Å². The zero-order valence-electron chi connectivity index (χ0n) is 7.41. The molecular formula is C10H12N2. The van der Waals surface area contributed by atoms with E-state index in [0.717, 1.165) is 17.8 Å². The Morgan fingerprint density at radius 3 is 2.92 bits per heavy atom. The van der Waals surface area contributed by atoms with Crippen LogP contribution in [0, 0.1) is 0 Å². The fourth-order valence-electron chi connectivity index (χ4n) is 1.37. The molecule has 2 heterocycles. The van der Waals surface area contributed by atoms with Gasteiger partial charge in [-0.1, -0.05) is 6.92 Å². The van der Waals surface area contributed by atoms with Gasteiger partial charge in [-0.15, -0.1) is 0 Å². The van der Waals surface area contributed by atoms with Crippen molar-refractivity contribution in [3.63, 3.8) is 0 Å². The van der Waals surface area contributed by atoms with Crippen molar-refractivity contribution in [1.82, 2.24) is 9.55 Å². The van der Waals surface area contributed by atoms with Crippen molar-refractivity contribution in [2.75, 3.05) is 0 Å². The molecule has 2 aromatic heterocycles. The first-order chi connectivity index (χ1) is 5.81. The van der Waals surface area contributed by atoms with Crippen LogP contribution >= 0.6 is 0 Å². The van der Waals surface area contributed by atoms with Gasteiger partial charge in [-0.25, -0.2) is 4.98 Å². The fraction of sp³-hybridized carbons (Fsp3) is 0.300. The van der Waals surface area contributed by atoms with Crippen LogP contribution in [-0.4, -0.2) is 9.55 Å². The van der Waals surface area contributed by atoms with Crippen LogP contribution in [0.4, 0.5) is 0 Å². The maximum atomic E-state index is 4.52. The maximum absolute atomic E-state index is 4.52. The van der Waals surface area contributed by atoms with Crippen molar-refractivity contribution in [3.05, 3.63) is 30.1 Å². The number of aryl methyl sites for hydroxylation is 2. The second-order valence-electron chi connectivity index (χ2n) is 3.00. The van der Waals surface area contributed by atoms with Crippen LogP contribution in [0.1, 0.15) is 12.6 Å². The lowest BCUT2D eigenvalue weighted by Gasteiger charge is -1.97. The highest BCUT2D eigenvalue weighted by Gasteiger charge is 1.98. The van der Waals surface area contributed by atoms with E-state index >= 15 is 0 Å². The summed E-state index contributed by atoms with van der Waals surface area (Å²) in [5.74, 6) is 0. The highest BCUT2D eigenvalue weighted by atomic mass is 15.0. The van der Waals surface area contributed by atoms with Crippen molar-refractivity contribution in [1.29, 1.82) is 0 Å². The van der Waals surface area contributed by atoms with Crippen molar-refractivity contribution in [2.45, 2.75) is 13.3 Å². The molecular weight excluding hydrogens is 148 g/mol. The third kappa shape index (κ3) is 0.998. The van der Waals surface area contributed by atoms with Crippen molar-refractivity contribution in [2.24, 2.45) is 7.05 Å². The Bertz CT molecular complexity index is 401. The fourth-order valence-corrected chi connectivity index (χ4v) is 1.37. The zero-order chi connectivity index (χ0) is 8.55.